The number of rotatable bonds is 7. The van der Waals surface area contributed by atoms with Gasteiger partial charge in [-0.05, 0) is 54.6 Å². The number of hydrogen-bond donors (Lipinski definition) is 2. The summed E-state index contributed by atoms with van der Waals surface area (Å²) >= 11 is 0. The molecular weight excluding hydrogens is 386 g/mol. The van der Waals surface area contributed by atoms with Crippen molar-refractivity contribution in [2.45, 2.75) is 32.9 Å². The highest BCUT2D eigenvalue weighted by atomic mass is 32.2. The topological polar surface area (TPSA) is 78.5 Å². The first-order chi connectivity index (χ1) is 13.8. The molecule has 7 heteroatoms. The van der Waals surface area contributed by atoms with E-state index >= 15 is 0 Å². The molecule has 6 nitrogen and oxygen atoms in total. The fourth-order valence-corrected chi connectivity index (χ4v) is 4.23. The number of carbonyl (C=O) groups excluding carboxylic acids is 1. The quantitative estimate of drug-likeness (QED) is 0.728. The molecule has 2 N–H and O–H groups in total. The lowest BCUT2D eigenvalue weighted by molar-refractivity contribution is 0.0951. The number of piperidine rings is 1. The molecule has 1 aliphatic heterocycles. The van der Waals surface area contributed by atoms with Gasteiger partial charge in [-0.15, -0.1) is 0 Å². The van der Waals surface area contributed by atoms with Crippen LogP contribution >= 0.6 is 0 Å². The first-order valence-corrected chi connectivity index (χ1v) is 11.8. The number of nitrogens with one attached hydrogen (secondary N) is 2. The molecule has 3 rings (SSSR count). The average molecular weight is 416 g/mol. The zero-order chi connectivity index (χ0) is 20.9. The predicted molar refractivity (Wildman–Crippen MR) is 116 cm³/mol. The Kier molecular flexibility index (Phi) is 6.92. The molecule has 1 unspecified atom stereocenters. The Morgan fingerprint density at radius 1 is 1.14 bits per heavy atom. The molecule has 0 bridgehead atoms. The van der Waals surface area contributed by atoms with Gasteiger partial charge in [0.1, 0.15) is 0 Å². The van der Waals surface area contributed by atoms with E-state index in [-0.39, 0.29) is 5.91 Å². The number of amides is 1. The van der Waals surface area contributed by atoms with Crippen molar-refractivity contribution >= 4 is 21.6 Å². The van der Waals surface area contributed by atoms with Crippen molar-refractivity contribution in [3.05, 3.63) is 65.2 Å². The van der Waals surface area contributed by atoms with Gasteiger partial charge < -0.3 is 5.32 Å². The Balaban J connectivity index is 1.53. The van der Waals surface area contributed by atoms with Crippen LogP contribution in [0.2, 0.25) is 0 Å². The van der Waals surface area contributed by atoms with E-state index < -0.39 is 10.0 Å². The standard InChI is InChI=1S/C22H29N3O3S/c1-17-5-4-12-25(15-17)16-19-10-8-18(9-11-19)14-23-22(26)20-6-3-7-21(13-20)24-29(2,27)28/h3,6-11,13,17,24H,4-5,12,14-16H2,1-2H3,(H,23,26). The smallest absolute Gasteiger partial charge is 0.251 e. The first-order valence-electron chi connectivity index (χ1n) is 9.95. The van der Waals surface area contributed by atoms with Gasteiger partial charge in [0.2, 0.25) is 10.0 Å². The maximum atomic E-state index is 12.4. The molecule has 1 saturated heterocycles. The van der Waals surface area contributed by atoms with E-state index in [0.29, 0.717) is 17.8 Å². The van der Waals surface area contributed by atoms with E-state index in [1.807, 2.05) is 12.1 Å². The van der Waals surface area contributed by atoms with Crippen molar-refractivity contribution < 1.29 is 13.2 Å². The van der Waals surface area contributed by atoms with Gasteiger partial charge in [0.05, 0.1) is 6.26 Å². The van der Waals surface area contributed by atoms with E-state index in [2.05, 4.69) is 34.0 Å². The molecule has 1 aliphatic rings. The van der Waals surface area contributed by atoms with Gasteiger partial charge in [0.25, 0.3) is 5.91 Å². The molecular formula is C22H29N3O3S. The van der Waals surface area contributed by atoms with Crippen LogP contribution in [0.1, 0.15) is 41.3 Å². The highest BCUT2D eigenvalue weighted by Crippen LogP contribution is 2.18. The van der Waals surface area contributed by atoms with Crippen molar-refractivity contribution in [1.29, 1.82) is 0 Å². The number of nitrogens with zero attached hydrogens (tertiary/aromatic N) is 1. The molecule has 1 fully saturated rings. The van der Waals surface area contributed by atoms with Crippen molar-refractivity contribution in [3.8, 4) is 0 Å². The average Bonchev–Trinajstić information content (AvgIpc) is 2.66. The molecule has 0 aromatic heterocycles. The fourth-order valence-electron chi connectivity index (χ4n) is 3.67. The Morgan fingerprint density at radius 3 is 2.55 bits per heavy atom. The number of hydrogen-bond acceptors (Lipinski definition) is 4. The molecule has 2 aromatic rings. The summed E-state index contributed by atoms with van der Waals surface area (Å²) in [4.78, 5) is 14.9. The Morgan fingerprint density at radius 2 is 1.86 bits per heavy atom. The van der Waals surface area contributed by atoms with E-state index in [0.717, 1.165) is 37.4 Å². The molecule has 0 spiro atoms. The van der Waals surface area contributed by atoms with Gasteiger partial charge in [-0.25, -0.2) is 8.42 Å². The van der Waals surface area contributed by atoms with E-state index in [1.54, 1.807) is 18.2 Å². The van der Waals surface area contributed by atoms with E-state index in [9.17, 15) is 13.2 Å². The lowest BCUT2D eigenvalue weighted by Gasteiger charge is -2.30. The van der Waals surface area contributed by atoms with E-state index in [4.69, 9.17) is 0 Å². The van der Waals surface area contributed by atoms with Crippen LogP contribution in [-0.4, -0.2) is 38.6 Å². The summed E-state index contributed by atoms with van der Waals surface area (Å²) < 4.78 is 25.1. The number of sulfonamides is 1. The fraction of sp³-hybridized carbons (Fsp3) is 0.409. The van der Waals surface area contributed by atoms with Crippen LogP contribution in [0.5, 0.6) is 0 Å². The summed E-state index contributed by atoms with van der Waals surface area (Å²) in [5, 5.41) is 2.89. The minimum Gasteiger partial charge on any atom is -0.348 e. The van der Waals surface area contributed by atoms with Gasteiger partial charge in [-0.1, -0.05) is 37.3 Å². The normalized spacial score (nSPS) is 17.7. The second-order valence-corrected chi connectivity index (χ2v) is 9.69. The van der Waals surface area contributed by atoms with Crippen LogP contribution in [0.4, 0.5) is 5.69 Å². The summed E-state index contributed by atoms with van der Waals surface area (Å²) in [5.74, 6) is 0.526. The third kappa shape index (κ3) is 6.87. The zero-order valence-corrected chi connectivity index (χ0v) is 17.8. The minimum absolute atomic E-state index is 0.242. The third-order valence-corrected chi connectivity index (χ3v) is 5.66. The van der Waals surface area contributed by atoms with Crippen LogP contribution in [0.3, 0.4) is 0 Å². The van der Waals surface area contributed by atoms with E-state index in [1.165, 1.54) is 24.5 Å². The molecule has 1 atom stereocenters. The Hall–Kier alpha value is -2.38. The van der Waals surface area contributed by atoms with Gasteiger partial charge in [0, 0.05) is 30.9 Å². The minimum atomic E-state index is -3.38. The van der Waals surface area contributed by atoms with Crippen molar-refractivity contribution in [2.24, 2.45) is 5.92 Å². The van der Waals surface area contributed by atoms with Crippen LogP contribution in [0.15, 0.2) is 48.5 Å². The number of likely N-dealkylation sites (tertiary alicyclic amines) is 1. The number of benzene rings is 2. The monoisotopic (exact) mass is 415 g/mol. The van der Waals surface area contributed by atoms with Crippen LogP contribution in [-0.2, 0) is 23.1 Å². The summed E-state index contributed by atoms with van der Waals surface area (Å²) in [6, 6.07) is 14.8. The largest absolute Gasteiger partial charge is 0.348 e. The number of anilines is 1. The second-order valence-electron chi connectivity index (χ2n) is 7.94. The lowest BCUT2D eigenvalue weighted by Crippen LogP contribution is -2.33. The summed E-state index contributed by atoms with van der Waals surface area (Å²) in [6.45, 7) is 6.02. The van der Waals surface area contributed by atoms with Crippen molar-refractivity contribution in [2.75, 3.05) is 24.1 Å². The molecule has 0 saturated carbocycles. The molecule has 1 amide bonds. The molecule has 1 heterocycles. The highest BCUT2D eigenvalue weighted by molar-refractivity contribution is 7.92. The number of carbonyl (C=O) groups is 1. The SMILES string of the molecule is CC1CCCN(Cc2ccc(CNC(=O)c3cccc(NS(C)(=O)=O)c3)cc2)C1. The zero-order valence-electron chi connectivity index (χ0n) is 17.0. The van der Waals surface area contributed by atoms with Crippen LogP contribution < -0.4 is 10.0 Å². The van der Waals surface area contributed by atoms with Gasteiger partial charge in [-0.3, -0.25) is 14.4 Å². The van der Waals surface area contributed by atoms with Gasteiger partial charge in [0.15, 0.2) is 0 Å². The maximum absolute atomic E-state index is 12.4. The molecule has 29 heavy (non-hydrogen) atoms. The molecule has 0 radical (unpaired) electrons. The van der Waals surface area contributed by atoms with Crippen LogP contribution in [0.25, 0.3) is 0 Å². The van der Waals surface area contributed by atoms with Crippen LogP contribution in [0, 0.1) is 5.92 Å². The van der Waals surface area contributed by atoms with Gasteiger partial charge in [-0.2, -0.15) is 0 Å². The molecule has 2 aromatic carbocycles. The summed E-state index contributed by atoms with van der Waals surface area (Å²) in [6.07, 6.45) is 3.67. The van der Waals surface area contributed by atoms with Gasteiger partial charge >= 0.3 is 0 Å². The predicted octanol–water partition coefficient (Wildman–Crippen LogP) is 3.22. The Bertz CT molecular complexity index is 942. The highest BCUT2D eigenvalue weighted by Gasteiger charge is 2.16. The first kappa shape index (κ1) is 21.3. The summed E-state index contributed by atoms with van der Waals surface area (Å²) in [7, 11) is -3.38. The Labute approximate surface area is 173 Å². The third-order valence-electron chi connectivity index (χ3n) is 5.05. The lowest BCUT2D eigenvalue weighted by atomic mass is 9.99. The summed E-state index contributed by atoms with van der Waals surface area (Å²) in [5.41, 5.74) is 3.10. The van der Waals surface area contributed by atoms with Crippen molar-refractivity contribution in [1.82, 2.24) is 10.2 Å². The maximum Gasteiger partial charge on any atom is 0.251 e. The molecule has 156 valence electrons. The second kappa shape index (κ2) is 9.41. The molecule has 0 aliphatic carbocycles. The van der Waals surface area contributed by atoms with Crippen molar-refractivity contribution in [3.63, 3.8) is 0 Å².